The maximum atomic E-state index is 13.7. The predicted octanol–water partition coefficient (Wildman–Crippen LogP) is 5.64. The highest BCUT2D eigenvalue weighted by molar-refractivity contribution is 14.1. The molecule has 0 unspecified atom stereocenters. The lowest BCUT2D eigenvalue weighted by Gasteiger charge is -2.35. The van der Waals surface area contributed by atoms with E-state index in [1.165, 1.54) is 12.8 Å². The van der Waals surface area contributed by atoms with E-state index in [9.17, 15) is 18.8 Å². The Hall–Kier alpha value is -2.41. The maximum absolute atomic E-state index is 13.7. The Morgan fingerprint density at radius 1 is 1.00 bits per heavy atom. The number of amides is 1. The molecule has 2 saturated heterocycles. The molecule has 172 valence electrons. The number of carbonyl (C=O) groups is 1. The van der Waals surface area contributed by atoms with E-state index in [2.05, 4.69) is 38.9 Å². The SMILES string of the molecule is N#Cc1cc(NC(=O)c2ccc(I)cc2N2CCC3(CC2)CC3)cc(N2CCC(F)(F)C2)c1. The van der Waals surface area contributed by atoms with Gasteiger partial charge in [0.15, 0.2) is 0 Å². The molecule has 1 N–H and O–H groups in total. The Morgan fingerprint density at radius 2 is 1.73 bits per heavy atom. The first kappa shape index (κ1) is 22.4. The third-order valence-corrected chi connectivity index (χ3v) is 7.84. The van der Waals surface area contributed by atoms with Gasteiger partial charge in [0.25, 0.3) is 11.8 Å². The van der Waals surface area contributed by atoms with Gasteiger partial charge in [0.1, 0.15) is 0 Å². The van der Waals surface area contributed by atoms with Gasteiger partial charge in [-0.2, -0.15) is 5.26 Å². The maximum Gasteiger partial charge on any atom is 0.266 e. The van der Waals surface area contributed by atoms with E-state index in [4.69, 9.17) is 0 Å². The van der Waals surface area contributed by atoms with E-state index in [0.717, 1.165) is 35.2 Å². The van der Waals surface area contributed by atoms with Crippen LogP contribution in [0.5, 0.6) is 0 Å². The van der Waals surface area contributed by atoms with Crippen LogP contribution in [0.15, 0.2) is 36.4 Å². The quantitative estimate of drug-likeness (QED) is 0.491. The van der Waals surface area contributed by atoms with Gasteiger partial charge in [-0.1, -0.05) is 0 Å². The molecule has 1 saturated carbocycles. The Morgan fingerprint density at radius 3 is 2.36 bits per heavy atom. The highest BCUT2D eigenvalue weighted by atomic mass is 127. The molecule has 8 heteroatoms. The fourth-order valence-electron chi connectivity index (χ4n) is 4.94. The molecule has 0 radical (unpaired) electrons. The van der Waals surface area contributed by atoms with Crippen molar-refractivity contribution < 1.29 is 13.6 Å². The second kappa shape index (κ2) is 8.42. The summed E-state index contributed by atoms with van der Waals surface area (Å²) in [6.45, 7) is 1.72. The number of rotatable bonds is 4. The topological polar surface area (TPSA) is 59.4 Å². The van der Waals surface area contributed by atoms with Gasteiger partial charge in [0.2, 0.25) is 0 Å². The number of carbonyl (C=O) groups excluding carboxylic acids is 1. The zero-order valence-electron chi connectivity index (χ0n) is 18.2. The molecule has 2 heterocycles. The second-order valence-corrected chi connectivity index (χ2v) is 10.8. The van der Waals surface area contributed by atoms with Gasteiger partial charge in [-0.25, -0.2) is 8.78 Å². The second-order valence-electron chi connectivity index (χ2n) is 9.51. The van der Waals surface area contributed by atoms with Crippen LogP contribution in [0.2, 0.25) is 0 Å². The summed E-state index contributed by atoms with van der Waals surface area (Å²) in [4.78, 5) is 17.2. The Labute approximate surface area is 205 Å². The average molecular weight is 562 g/mol. The molecular formula is C25H25F2IN4O. The average Bonchev–Trinajstić information content (AvgIpc) is 3.44. The molecular weight excluding hydrogens is 537 g/mol. The minimum atomic E-state index is -2.74. The van der Waals surface area contributed by atoms with Crippen LogP contribution in [0.25, 0.3) is 0 Å². The van der Waals surface area contributed by atoms with E-state index in [-0.39, 0.29) is 25.4 Å². The molecule has 1 amide bonds. The monoisotopic (exact) mass is 562 g/mol. The van der Waals surface area contributed by atoms with E-state index in [0.29, 0.717) is 27.9 Å². The summed E-state index contributed by atoms with van der Waals surface area (Å²) in [6, 6.07) is 12.7. The molecule has 5 nitrogen and oxygen atoms in total. The molecule has 3 aliphatic rings. The van der Waals surface area contributed by atoms with E-state index >= 15 is 0 Å². The largest absolute Gasteiger partial charge is 0.371 e. The van der Waals surface area contributed by atoms with Gasteiger partial charge in [-0.3, -0.25) is 4.79 Å². The molecule has 2 aliphatic heterocycles. The molecule has 1 spiro atoms. The number of benzene rings is 2. The number of nitrogens with zero attached hydrogens (tertiary/aromatic N) is 3. The van der Waals surface area contributed by atoms with Crippen molar-refractivity contribution in [3.63, 3.8) is 0 Å². The predicted molar refractivity (Wildman–Crippen MR) is 133 cm³/mol. The minimum Gasteiger partial charge on any atom is -0.371 e. The normalized spacial score (nSPS) is 20.5. The fraction of sp³-hybridized carbons (Fsp3) is 0.440. The smallest absolute Gasteiger partial charge is 0.266 e. The number of nitrogens with one attached hydrogen (secondary N) is 1. The summed E-state index contributed by atoms with van der Waals surface area (Å²) < 4.78 is 28.5. The van der Waals surface area contributed by atoms with Crippen molar-refractivity contribution in [3.8, 4) is 6.07 Å². The Kier molecular flexibility index (Phi) is 5.71. The zero-order valence-corrected chi connectivity index (χ0v) is 20.4. The summed E-state index contributed by atoms with van der Waals surface area (Å²) in [6.07, 6.45) is 4.75. The fourth-order valence-corrected chi connectivity index (χ4v) is 5.42. The Bertz CT molecular complexity index is 1130. The highest BCUT2D eigenvalue weighted by Crippen LogP contribution is 2.54. The lowest BCUT2D eigenvalue weighted by Crippen LogP contribution is -2.35. The van der Waals surface area contributed by atoms with Crippen LogP contribution >= 0.6 is 22.6 Å². The van der Waals surface area contributed by atoms with Crippen molar-refractivity contribution in [2.75, 3.05) is 41.3 Å². The third-order valence-electron chi connectivity index (χ3n) is 7.17. The minimum absolute atomic E-state index is 0.214. The van der Waals surface area contributed by atoms with Crippen LogP contribution < -0.4 is 15.1 Å². The summed E-state index contributed by atoms with van der Waals surface area (Å²) in [5.74, 6) is -3.00. The first-order valence-corrected chi connectivity index (χ1v) is 12.4. The number of anilines is 3. The lowest BCUT2D eigenvalue weighted by molar-refractivity contribution is 0.0257. The molecule has 0 aromatic heterocycles. The van der Waals surface area contributed by atoms with E-state index in [1.807, 2.05) is 18.2 Å². The van der Waals surface area contributed by atoms with Gasteiger partial charge < -0.3 is 15.1 Å². The van der Waals surface area contributed by atoms with E-state index in [1.54, 1.807) is 23.1 Å². The zero-order chi connectivity index (χ0) is 23.2. The van der Waals surface area contributed by atoms with E-state index < -0.39 is 5.92 Å². The van der Waals surface area contributed by atoms with Crippen LogP contribution in [0, 0.1) is 20.3 Å². The van der Waals surface area contributed by atoms with Gasteiger partial charge in [-0.05, 0) is 90.1 Å². The molecule has 0 atom stereocenters. The van der Waals surface area contributed by atoms with Crippen LogP contribution in [-0.2, 0) is 0 Å². The standard InChI is InChI=1S/C25H25F2IN4O/c26-25(27)7-10-32(16-25)20-12-17(15-29)11-19(14-20)30-23(33)21-2-1-18(28)13-22(21)31-8-5-24(3-4-24)6-9-31/h1-2,11-14H,3-10,16H2,(H,30,33). The van der Waals surface area contributed by atoms with Crippen molar-refractivity contribution in [1.82, 2.24) is 0 Å². The summed E-state index contributed by atoms with van der Waals surface area (Å²) >= 11 is 2.26. The molecule has 5 rings (SSSR count). The van der Waals surface area contributed by atoms with Crippen LogP contribution in [0.4, 0.5) is 25.8 Å². The molecule has 2 aromatic rings. The number of nitriles is 1. The highest BCUT2D eigenvalue weighted by Gasteiger charge is 2.44. The number of halogens is 3. The van der Waals surface area contributed by atoms with Crippen LogP contribution in [-0.4, -0.2) is 38.0 Å². The molecule has 1 aliphatic carbocycles. The van der Waals surface area contributed by atoms with Crippen LogP contribution in [0.3, 0.4) is 0 Å². The van der Waals surface area contributed by atoms with Crippen LogP contribution in [0.1, 0.15) is 48.0 Å². The number of hydrogen-bond donors (Lipinski definition) is 1. The molecule has 3 fully saturated rings. The first-order chi connectivity index (χ1) is 15.8. The van der Waals surface area contributed by atoms with Crippen molar-refractivity contribution in [1.29, 1.82) is 5.26 Å². The van der Waals surface area contributed by atoms with Gasteiger partial charge in [-0.15, -0.1) is 0 Å². The molecule has 0 bridgehead atoms. The summed E-state index contributed by atoms with van der Waals surface area (Å²) in [5, 5.41) is 12.4. The Balaban J connectivity index is 1.39. The lowest BCUT2D eigenvalue weighted by atomic mass is 9.93. The van der Waals surface area contributed by atoms with Gasteiger partial charge in [0, 0.05) is 41.0 Å². The summed E-state index contributed by atoms with van der Waals surface area (Å²) in [7, 11) is 0. The molecule has 33 heavy (non-hydrogen) atoms. The van der Waals surface area contributed by atoms with Crippen molar-refractivity contribution in [2.45, 2.75) is 38.0 Å². The summed E-state index contributed by atoms with van der Waals surface area (Å²) in [5.41, 5.74) is 3.33. The van der Waals surface area contributed by atoms with Crippen molar-refractivity contribution >= 4 is 45.6 Å². The number of piperidine rings is 1. The van der Waals surface area contributed by atoms with Crippen molar-refractivity contribution in [3.05, 3.63) is 51.1 Å². The first-order valence-electron chi connectivity index (χ1n) is 11.3. The third kappa shape index (κ3) is 4.79. The van der Waals surface area contributed by atoms with Gasteiger partial charge >= 0.3 is 0 Å². The molecule has 2 aromatic carbocycles. The van der Waals surface area contributed by atoms with Gasteiger partial charge in [0.05, 0.1) is 29.4 Å². The number of hydrogen-bond acceptors (Lipinski definition) is 4. The van der Waals surface area contributed by atoms with Crippen molar-refractivity contribution in [2.24, 2.45) is 5.41 Å². The number of alkyl halides is 2.